The zero-order chi connectivity index (χ0) is 17.6. The van der Waals surface area contributed by atoms with Crippen LogP contribution in [0.1, 0.15) is 22.8 Å². The Morgan fingerprint density at radius 3 is 2.68 bits per heavy atom. The summed E-state index contributed by atoms with van der Waals surface area (Å²) in [6.07, 6.45) is 1.81. The predicted octanol–water partition coefficient (Wildman–Crippen LogP) is 3.11. The lowest BCUT2D eigenvalue weighted by Gasteiger charge is -2.19. The lowest BCUT2D eigenvalue weighted by molar-refractivity contribution is 0.0732. The first-order chi connectivity index (χ1) is 12.2. The Bertz CT molecular complexity index is 813. The van der Waals surface area contributed by atoms with Crippen LogP contribution in [0.15, 0.2) is 54.0 Å². The van der Waals surface area contributed by atoms with Gasteiger partial charge in [-0.1, -0.05) is 36.4 Å². The van der Waals surface area contributed by atoms with E-state index in [-0.39, 0.29) is 12.5 Å². The number of hydrogen-bond acceptors (Lipinski definition) is 4. The molecule has 0 atom stereocenters. The normalized spacial score (nSPS) is 10.8. The van der Waals surface area contributed by atoms with E-state index in [1.165, 1.54) is 0 Å². The molecule has 6 heteroatoms. The number of likely N-dealkylation sites (N-methyl/N-ethyl adjacent to an activating group) is 1. The molecule has 0 spiro atoms. The molecule has 0 radical (unpaired) electrons. The Kier molecular flexibility index (Phi) is 5.63. The summed E-state index contributed by atoms with van der Waals surface area (Å²) in [6, 6.07) is 14.0. The van der Waals surface area contributed by atoms with E-state index < -0.39 is 0 Å². The van der Waals surface area contributed by atoms with Gasteiger partial charge in [0.1, 0.15) is 5.69 Å². The SMILES string of the molecule is CCN(CCO)C(=O)c1cn(Cc2ccccc2)nc1-c1cccs1. The summed E-state index contributed by atoms with van der Waals surface area (Å²) in [4.78, 5) is 15.5. The van der Waals surface area contributed by atoms with Crippen molar-refractivity contribution in [1.29, 1.82) is 0 Å². The van der Waals surface area contributed by atoms with Crippen LogP contribution in [0.5, 0.6) is 0 Å². The number of carbonyl (C=O) groups is 1. The standard InChI is InChI=1S/C19H21N3O2S/c1-2-21(10-11-23)19(24)16-14-22(13-15-7-4-3-5-8-15)20-18(16)17-9-6-12-25-17/h3-9,12,14,23H,2,10-11,13H2,1H3. The molecule has 3 rings (SSSR count). The summed E-state index contributed by atoms with van der Waals surface area (Å²) in [6.45, 7) is 3.34. The Hall–Kier alpha value is -2.44. The van der Waals surface area contributed by atoms with Crippen LogP contribution in [0, 0.1) is 0 Å². The topological polar surface area (TPSA) is 58.4 Å². The first-order valence-corrected chi connectivity index (χ1v) is 9.16. The largest absolute Gasteiger partial charge is 0.395 e. The second-order valence-corrected chi connectivity index (χ2v) is 6.61. The second-order valence-electron chi connectivity index (χ2n) is 5.66. The van der Waals surface area contributed by atoms with Crippen molar-refractivity contribution in [3.05, 3.63) is 65.2 Å². The van der Waals surface area contributed by atoms with Gasteiger partial charge in [0, 0.05) is 19.3 Å². The monoisotopic (exact) mass is 355 g/mol. The van der Waals surface area contributed by atoms with E-state index in [1.807, 2.05) is 65.6 Å². The van der Waals surface area contributed by atoms with Gasteiger partial charge in [-0.2, -0.15) is 5.10 Å². The summed E-state index contributed by atoms with van der Waals surface area (Å²) < 4.78 is 1.81. The molecule has 1 amide bonds. The van der Waals surface area contributed by atoms with Crippen molar-refractivity contribution in [3.63, 3.8) is 0 Å². The lowest BCUT2D eigenvalue weighted by atomic mass is 10.2. The van der Waals surface area contributed by atoms with Crippen LogP contribution in [-0.2, 0) is 6.54 Å². The van der Waals surface area contributed by atoms with Crippen LogP contribution < -0.4 is 0 Å². The van der Waals surface area contributed by atoms with E-state index in [0.29, 0.717) is 30.9 Å². The Balaban J connectivity index is 1.96. The Labute approximate surface area is 151 Å². The molecule has 5 nitrogen and oxygen atoms in total. The van der Waals surface area contributed by atoms with Gasteiger partial charge in [0.15, 0.2) is 0 Å². The summed E-state index contributed by atoms with van der Waals surface area (Å²) in [5.74, 6) is -0.0979. The van der Waals surface area contributed by atoms with Gasteiger partial charge < -0.3 is 10.0 Å². The number of nitrogens with zero attached hydrogens (tertiary/aromatic N) is 3. The number of aromatic nitrogens is 2. The first kappa shape index (κ1) is 17.4. The molecule has 2 aromatic heterocycles. The van der Waals surface area contributed by atoms with Crippen molar-refractivity contribution in [2.45, 2.75) is 13.5 Å². The summed E-state index contributed by atoms with van der Waals surface area (Å²) >= 11 is 1.56. The quantitative estimate of drug-likeness (QED) is 0.708. The molecule has 0 unspecified atom stereocenters. The van der Waals surface area contributed by atoms with Gasteiger partial charge in [-0.05, 0) is 23.9 Å². The Morgan fingerprint density at radius 2 is 2.04 bits per heavy atom. The molecule has 3 aromatic rings. The van der Waals surface area contributed by atoms with E-state index in [2.05, 4.69) is 5.10 Å². The molecule has 0 saturated carbocycles. The number of carbonyl (C=O) groups excluding carboxylic acids is 1. The maximum atomic E-state index is 12.9. The van der Waals surface area contributed by atoms with Crippen LogP contribution in [0.25, 0.3) is 10.6 Å². The highest BCUT2D eigenvalue weighted by Crippen LogP contribution is 2.28. The van der Waals surface area contributed by atoms with E-state index in [1.54, 1.807) is 16.2 Å². The summed E-state index contributed by atoms with van der Waals surface area (Å²) in [5, 5.41) is 15.8. The third kappa shape index (κ3) is 3.97. The van der Waals surface area contributed by atoms with Crippen LogP contribution in [0.4, 0.5) is 0 Å². The highest BCUT2D eigenvalue weighted by Gasteiger charge is 2.22. The van der Waals surface area contributed by atoms with E-state index in [4.69, 9.17) is 0 Å². The van der Waals surface area contributed by atoms with Gasteiger partial charge in [0.2, 0.25) is 0 Å². The minimum Gasteiger partial charge on any atom is -0.395 e. The second kappa shape index (κ2) is 8.09. The fourth-order valence-electron chi connectivity index (χ4n) is 2.72. The molecule has 0 aliphatic rings. The molecular formula is C19H21N3O2S. The van der Waals surface area contributed by atoms with Gasteiger partial charge in [0.05, 0.1) is 23.6 Å². The van der Waals surface area contributed by atoms with Gasteiger partial charge >= 0.3 is 0 Å². The van der Waals surface area contributed by atoms with E-state index in [0.717, 1.165) is 10.4 Å². The van der Waals surface area contributed by atoms with Crippen molar-refractivity contribution in [1.82, 2.24) is 14.7 Å². The average Bonchev–Trinajstić information content (AvgIpc) is 3.29. The summed E-state index contributed by atoms with van der Waals surface area (Å²) in [7, 11) is 0. The van der Waals surface area contributed by atoms with Crippen LogP contribution in [0.3, 0.4) is 0 Å². The van der Waals surface area contributed by atoms with Crippen molar-refractivity contribution in [3.8, 4) is 10.6 Å². The fraction of sp³-hybridized carbons (Fsp3) is 0.263. The zero-order valence-corrected chi connectivity index (χ0v) is 14.9. The van der Waals surface area contributed by atoms with Gasteiger partial charge in [0.25, 0.3) is 5.91 Å². The molecule has 0 fully saturated rings. The van der Waals surface area contributed by atoms with E-state index >= 15 is 0 Å². The lowest BCUT2D eigenvalue weighted by Crippen LogP contribution is -2.33. The summed E-state index contributed by atoms with van der Waals surface area (Å²) in [5.41, 5.74) is 2.41. The zero-order valence-electron chi connectivity index (χ0n) is 14.1. The van der Waals surface area contributed by atoms with Gasteiger partial charge in [-0.25, -0.2) is 0 Å². The predicted molar refractivity (Wildman–Crippen MR) is 99.7 cm³/mol. The molecular weight excluding hydrogens is 334 g/mol. The molecule has 1 aromatic carbocycles. The highest BCUT2D eigenvalue weighted by molar-refractivity contribution is 7.13. The maximum Gasteiger partial charge on any atom is 0.257 e. The fourth-order valence-corrected chi connectivity index (χ4v) is 3.44. The minimum atomic E-state index is -0.0979. The molecule has 25 heavy (non-hydrogen) atoms. The van der Waals surface area contributed by atoms with Crippen molar-refractivity contribution >= 4 is 17.2 Å². The maximum absolute atomic E-state index is 12.9. The molecule has 0 bridgehead atoms. The number of amides is 1. The number of aliphatic hydroxyl groups excluding tert-OH is 1. The molecule has 2 heterocycles. The van der Waals surface area contributed by atoms with Crippen LogP contribution in [0.2, 0.25) is 0 Å². The van der Waals surface area contributed by atoms with Crippen LogP contribution in [-0.4, -0.2) is 45.4 Å². The van der Waals surface area contributed by atoms with Crippen LogP contribution >= 0.6 is 11.3 Å². The third-order valence-corrected chi connectivity index (χ3v) is 4.85. The number of rotatable bonds is 7. The molecule has 130 valence electrons. The van der Waals surface area contributed by atoms with Gasteiger partial charge in [-0.15, -0.1) is 11.3 Å². The number of thiophene rings is 1. The Morgan fingerprint density at radius 1 is 1.24 bits per heavy atom. The first-order valence-electron chi connectivity index (χ1n) is 8.28. The van der Waals surface area contributed by atoms with Crippen molar-refractivity contribution in [2.75, 3.05) is 19.7 Å². The average molecular weight is 355 g/mol. The smallest absolute Gasteiger partial charge is 0.257 e. The molecule has 0 saturated heterocycles. The number of benzene rings is 1. The van der Waals surface area contributed by atoms with E-state index in [9.17, 15) is 9.90 Å². The number of hydrogen-bond donors (Lipinski definition) is 1. The minimum absolute atomic E-state index is 0.0495. The molecule has 0 aliphatic heterocycles. The van der Waals surface area contributed by atoms with Crippen molar-refractivity contribution in [2.24, 2.45) is 0 Å². The highest BCUT2D eigenvalue weighted by atomic mass is 32.1. The molecule has 0 aliphatic carbocycles. The number of aliphatic hydroxyl groups is 1. The van der Waals surface area contributed by atoms with Crippen molar-refractivity contribution < 1.29 is 9.90 Å². The van der Waals surface area contributed by atoms with Gasteiger partial charge in [-0.3, -0.25) is 9.48 Å². The molecule has 1 N–H and O–H groups in total. The third-order valence-electron chi connectivity index (χ3n) is 3.97.